The Kier molecular flexibility index (Phi) is 3.69. The molecule has 1 aromatic rings. The normalized spacial score (nSPS) is 11.9. The van der Waals surface area contributed by atoms with Gasteiger partial charge in [0, 0.05) is 6.20 Å². The van der Waals surface area contributed by atoms with Crippen molar-refractivity contribution in [1.82, 2.24) is 9.78 Å². The van der Waals surface area contributed by atoms with Crippen molar-refractivity contribution in [2.45, 2.75) is 25.6 Å². The van der Waals surface area contributed by atoms with Crippen LogP contribution >= 0.6 is 0 Å². The van der Waals surface area contributed by atoms with Crippen LogP contribution in [0.2, 0.25) is 0 Å². The Bertz CT molecular complexity index is 475. The molecule has 0 aromatic carbocycles. The molecule has 0 bridgehead atoms. The zero-order valence-electron chi connectivity index (χ0n) is 9.12. The average molecular weight is 246 g/mol. The maximum Gasteiger partial charge on any atom is 0.338 e. The third-order valence-electron chi connectivity index (χ3n) is 2.20. The zero-order chi connectivity index (χ0) is 12.3. The first-order valence-corrected chi connectivity index (χ1v) is 6.52. The number of sulfone groups is 1. The van der Waals surface area contributed by atoms with E-state index in [1.54, 1.807) is 13.8 Å². The molecule has 16 heavy (non-hydrogen) atoms. The van der Waals surface area contributed by atoms with Gasteiger partial charge in [-0.3, -0.25) is 4.68 Å². The molecule has 6 nitrogen and oxygen atoms in total. The van der Waals surface area contributed by atoms with E-state index in [1.807, 2.05) is 0 Å². The highest BCUT2D eigenvalue weighted by atomic mass is 32.2. The van der Waals surface area contributed by atoms with Gasteiger partial charge in [0.05, 0.1) is 29.3 Å². The summed E-state index contributed by atoms with van der Waals surface area (Å²) in [6.45, 7) is 3.40. The quantitative estimate of drug-likeness (QED) is 0.812. The predicted molar refractivity (Wildman–Crippen MR) is 58.1 cm³/mol. The largest absolute Gasteiger partial charge is 0.478 e. The van der Waals surface area contributed by atoms with Gasteiger partial charge in [0.25, 0.3) is 0 Å². The summed E-state index contributed by atoms with van der Waals surface area (Å²) in [4.78, 5) is 10.6. The number of carboxylic acid groups (broad SMARTS) is 1. The van der Waals surface area contributed by atoms with Gasteiger partial charge in [0.2, 0.25) is 0 Å². The van der Waals surface area contributed by atoms with Crippen molar-refractivity contribution in [2.24, 2.45) is 0 Å². The zero-order valence-corrected chi connectivity index (χ0v) is 9.94. The number of rotatable bonds is 5. The van der Waals surface area contributed by atoms with E-state index in [9.17, 15) is 13.2 Å². The highest BCUT2D eigenvalue weighted by molar-refractivity contribution is 7.91. The van der Waals surface area contributed by atoms with E-state index in [1.165, 1.54) is 17.1 Å². The highest BCUT2D eigenvalue weighted by Gasteiger charge is 2.16. The van der Waals surface area contributed by atoms with Crippen molar-refractivity contribution in [3.05, 3.63) is 18.0 Å². The van der Waals surface area contributed by atoms with Gasteiger partial charge in [-0.1, -0.05) is 0 Å². The average Bonchev–Trinajstić information content (AvgIpc) is 2.63. The Morgan fingerprint density at radius 2 is 2.19 bits per heavy atom. The van der Waals surface area contributed by atoms with E-state index in [0.717, 1.165) is 0 Å². The van der Waals surface area contributed by atoms with Crippen molar-refractivity contribution < 1.29 is 18.3 Å². The second-order valence-electron chi connectivity index (χ2n) is 3.71. The Balaban J connectivity index is 2.65. The summed E-state index contributed by atoms with van der Waals surface area (Å²) in [7, 11) is -3.12. The van der Waals surface area contributed by atoms with Gasteiger partial charge in [-0.2, -0.15) is 5.10 Å². The second kappa shape index (κ2) is 4.65. The highest BCUT2D eigenvalue weighted by Crippen LogP contribution is 2.03. The van der Waals surface area contributed by atoms with Crippen LogP contribution in [0.3, 0.4) is 0 Å². The molecule has 0 aliphatic carbocycles. The van der Waals surface area contributed by atoms with Crippen LogP contribution in [0, 0.1) is 0 Å². The number of aromatic nitrogens is 2. The smallest absolute Gasteiger partial charge is 0.338 e. The summed E-state index contributed by atoms with van der Waals surface area (Å²) in [5.41, 5.74) is 0.0574. The molecule has 1 aromatic heterocycles. The van der Waals surface area contributed by atoms with E-state index < -0.39 is 21.1 Å². The molecule has 1 rings (SSSR count). The van der Waals surface area contributed by atoms with E-state index in [0.29, 0.717) is 0 Å². The second-order valence-corrected chi connectivity index (χ2v) is 6.39. The van der Waals surface area contributed by atoms with Crippen molar-refractivity contribution in [3.8, 4) is 0 Å². The predicted octanol–water partition coefficient (Wildman–Crippen LogP) is 0.404. The first kappa shape index (κ1) is 12.7. The lowest BCUT2D eigenvalue weighted by atomic mass is 10.4. The SMILES string of the molecule is CC(C)S(=O)(=O)CCn1cc(C(=O)O)cn1. The fraction of sp³-hybridized carbons (Fsp3) is 0.556. The molecule has 0 atom stereocenters. The molecule has 0 aliphatic rings. The Morgan fingerprint density at radius 1 is 1.56 bits per heavy atom. The monoisotopic (exact) mass is 246 g/mol. The fourth-order valence-corrected chi connectivity index (χ4v) is 1.97. The standard InChI is InChI=1S/C9H14N2O4S/c1-7(2)16(14,15)4-3-11-6-8(5-10-11)9(12)13/h5-7H,3-4H2,1-2H3,(H,12,13). The fourth-order valence-electron chi connectivity index (χ4n) is 1.05. The summed E-state index contributed by atoms with van der Waals surface area (Å²) in [5.74, 6) is -1.11. The summed E-state index contributed by atoms with van der Waals surface area (Å²) >= 11 is 0. The number of nitrogens with zero attached hydrogens (tertiary/aromatic N) is 2. The molecule has 0 unspecified atom stereocenters. The third-order valence-corrected chi connectivity index (χ3v) is 4.39. The van der Waals surface area contributed by atoms with E-state index >= 15 is 0 Å². The minimum Gasteiger partial charge on any atom is -0.478 e. The molecule has 0 amide bonds. The van der Waals surface area contributed by atoms with Gasteiger partial charge in [0.1, 0.15) is 0 Å². The van der Waals surface area contributed by atoms with Gasteiger partial charge in [0.15, 0.2) is 9.84 Å². The van der Waals surface area contributed by atoms with Crippen molar-refractivity contribution in [3.63, 3.8) is 0 Å². The number of aromatic carboxylic acids is 1. The topological polar surface area (TPSA) is 89.3 Å². The molecule has 0 saturated heterocycles. The number of hydrogen-bond donors (Lipinski definition) is 1. The molecule has 0 fully saturated rings. The molecule has 0 aliphatic heterocycles. The number of aryl methyl sites for hydroxylation is 1. The van der Waals surface area contributed by atoms with Crippen LogP contribution in [-0.4, -0.2) is 40.3 Å². The van der Waals surface area contributed by atoms with Crippen molar-refractivity contribution in [2.75, 3.05) is 5.75 Å². The van der Waals surface area contributed by atoms with Gasteiger partial charge in [-0.15, -0.1) is 0 Å². The van der Waals surface area contributed by atoms with Gasteiger partial charge >= 0.3 is 5.97 Å². The molecular weight excluding hydrogens is 232 g/mol. The molecule has 1 N–H and O–H groups in total. The van der Waals surface area contributed by atoms with Crippen LogP contribution in [0.25, 0.3) is 0 Å². The van der Waals surface area contributed by atoms with Crippen LogP contribution in [0.1, 0.15) is 24.2 Å². The Labute approximate surface area is 93.8 Å². The van der Waals surface area contributed by atoms with Crippen LogP contribution in [0.4, 0.5) is 0 Å². The minimum absolute atomic E-state index is 0.0363. The molecule has 7 heteroatoms. The third kappa shape index (κ3) is 3.06. The first-order chi connectivity index (χ1) is 7.33. The molecule has 90 valence electrons. The summed E-state index contributed by atoms with van der Waals surface area (Å²) in [6, 6.07) is 0. The lowest BCUT2D eigenvalue weighted by Crippen LogP contribution is -2.21. The summed E-state index contributed by atoms with van der Waals surface area (Å²) in [5, 5.41) is 12.0. The number of carbonyl (C=O) groups is 1. The number of hydrogen-bond acceptors (Lipinski definition) is 4. The van der Waals surface area contributed by atoms with E-state index in [4.69, 9.17) is 5.11 Å². The first-order valence-electron chi connectivity index (χ1n) is 4.80. The van der Waals surface area contributed by atoms with Crippen molar-refractivity contribution >= 4 is 15.8 Å². The van der Waals surface area contributed by atoms with Gasteiger partial charge < -0.3 is 5.11 Å². The van der Waals surface area contributed by atoms with E-state index in [-0.39, 0.29) is 17.9 Å². The molecule has 0 saturated carbocycles. The maximum atomic E-state index is 11.5. The van der Waals surface area contributed by atoms with Crippen LogP contribution in [0.5, 0.6) is 0 Å². The van der Waals surface area contributed by atoms with Crippen LogP contribution in [0.15, 0.2) is 12.4 Å². The lowest BCUT2D eigenvalue weighted by molar-refractivity contribution is 0.0697. The molecule has 1 heterocycles. The van der Waals surface area contributed by atoms with Crippen LogP contribution in [-0.2, 0) is 16.4 Å². The maximum absolute atomic E-state index is 11.5. The Morgan fingerprint density at radius 3 is 2.62 bits per heavy atom. The number of carboxylic acids is 1. The lowest BCUT2D eigenvalue weighted by Gasteiger charge is -2.06. The molecule has 0 radical (unpaired) electrons. The Hall–Kier alpha value is -1.37. The van der Waals surface area contributed by atoms with E-state index in [2.05, 4.69) is 5.10 Å². The minimum atomic E-state index is -3.12. The summed E-state index contributed by atoms with van der Waals surface area (Å²) in [6.07, 6.45) is 2.52. The van der Waals surface area contributed by atoms with Crippen LogP contribution < -0.4 is 0 Å². The molecular formula is C9H14N2O4S. The molecule has 0 spiro atoms. The van der Waals surface area contributed by atoms with Crippen molar-refractivity contribution in [1.29, 1.82) is 0 Å². The van der Waals surface area contributed by atoms with Gasteiger partial charge in [-0.25, -0.2) is 13.2 Å². The van der Waals surface area contributed by atoms with Gasteiger partial charge in [-0.05, 0) is 13.8 Å². The summed E-state index contributed by atoms with van der Waals surface area (Å²) < 4.78 is 24.3.